The molecule has 0 aliphatic heterocycles. The van der Waals surface area contributed by atoms with E-state index in [1.807, 2.05) is 4.68 Å². The number of hydrogen-bond acceptors (Lipinski definition) is 3. The maximum absolute atomic E-state index is 8.97. The first-order chi connectivity index (χ1) is 7.63. The van der Waals surface area contributed by atoms with Gasteiger partial charge in [0.25, 0.3) is 0 Å². The second-order valence-corrected chi connectivity index (χ2v) is 4.06. The predicted molar refractivity (Wildman–Crippen MR) is 65.4 cm³/mol. The molecule has 92 valence electrons. The monoisotopic (exact) mass is 225 g/mol. The van der Waals surface area contributed by atoms with Crippen molar-refractivity contribution in [3.8, 4) is 0 Å². The molecule has 1 aromatic rings. The zero-order valence-corrected chi connectivity index (χ0v) is 10.8. The number of rotatable bonds is 6. The van der Waals surface area contributed by atoms with E-state index in [9.17, 15) is 0 Å². The fourth-order valence-corrected chi connectivity index (χ4v) is 1.98. The van der Waals surface area contributed by atoms with E-state index in [0.717, 1.165) is 31.9 Å². The van der Waals surface area contributed by atoms with Gasteiger partial charge in [-0.1, -0.05) is 6.92 Å². The summed E-state index contributed by atoms with van der Waals surface area (Å²) in [6, 6.07) is 0. The predicted octanol–water partition coefficient (Wildman–Crippen LogP) is 1.33. The van der Waals surface area contributed by atoms with Crippen molar-refractivity contribution in [1.82, 2.24) is 14.7 Å². The van der Waals surface area contributed by atoms with Crippen molar-refractivity contribution in [3.05, 3.63) is 17.0 Å². The highest BCUT2D eigenvalue weighted by Gasteiger charge is 2.13. The SMILES string of the molecule is CCN(CCO)Cc1c(C)nn(CC)c1C. The molecule has 0 fully saturated rings. The number of aromatic nitrogens is 2. The van der Waals surface area contributed by atoms with Gasteiger partial charge in [-0.3, -0.25) is 9.58 Å². The average Bonchev–Trinajstić information content (AvgIpc) is 2.55. The summed E-state index contributed by atoms with van der Waals surface area (Å²) in [6.07, 6.45) is 0. The van der Waals surface area contributed by atoms with Crippen LogP contribution in [0, 0.1) is 13.8 Å². The lowest BCUT2D eigenvalue weighted by Crippen LogP contribution is -2.26. The number of hydrogen-bond donors (Lipinski definition) is 1. The van der Waals surface area contributed by atoms with Crippen LogP contribution in [0.1, 0.15) is 30.8 Å². The van der Waals surface area contributed by atoms with Crippen LogP contribution in [0.15, 0.2) is 0 Å². The van der Waals surface area contributed by atoms with Gasteiger partial charge < -0.3 is 5.11 Å². The van der Waals surface area contributed by atoms with Crippen LogP contribution in [0.2, 0.25) is 0 Å². The van der Waals surface area contributed by atoms with Gasteiger partial charge in [-0.05, 0) is 27.3 Å². The molecular formula is C12H23N3O. The van der Waals surface area contributed by atoms with Crippen molar-refractivity contribution < 1.29 is 5.11 Å². The van der Waals surface area contributed by atoms with E-state index in [-0.39, 0.29) is 6.61 Å². The largest absolute Gasteiger partial charge is 0.395 e. The minimum absolute atomic E-state index is 0.216. The second kappa shape index (κ2) is 6.01. The van der Waals surface area contributed by atoms with Crippen molar-refractivity contribution in [2.24, 2.45) is 0 Å². The highest BCUT2D eigenvalue weighted by molar-refractivity contribution is 5.24. The van der Waals surface area contributed by atoms with E-state index >= 15 is 0 Å². The Morgan fingerprint density at radius 2 is 2.00 bits per heavy atom. The summed E-state index contributed by atoms with van der Waals surface area (Å²) in [5.41, 5.74) is 3.66. The average molecular weight is 225 g/mol. The molecule has 0 unspecified atom stereocenters. The third kappa shape index (κ3) is 2.83. The van der Waals surface area contributed by atoms with E-state index in [2.05, 4.69) is 37.7 Å². The summed E-state index contributed by atoms with van der Waals surface area (Å²) in [6.45, 7) is 12.1. The van der Waals surface area contributed by atoms with Gasteiger partial charge in [-0.2, -0.15) is 5.10 Å². The van der Waals surface area contributed by atoms with Gasteiger partial charge in [0, 0.05) is 30.9 Å². The molecule has 1 N–H and O–H groups in total. The molecule has 0 aliphatic carbocycles. The Kier molecular flexibility index (Phi) is 4.96. The van der Waals surface area contributed by atoms with Gasteiger partial charge >= 0.3 is 0 Å². The normalized spacial score (nSPS) is 11.4. The molecule has 0 aromatic carbocycles. The van der Waals surface area contributed by atoms with Crippen molar-refractivity contribution in [1.29, 1.82) is 0 Å². The molecule has 0 saturated heterocycles. The van der Waals surface area contributed by atoms with Gasteiger partial charge in [0.2, 0.25) is 0 Å². The molecule has 1 heterocycles. The molecule has 0 saturated carbocycles. The molecule has 1 aromatic heterocycles. The molecule has 0 radical (unpaired) electrons. The smallest absolute Gasteiger partial charge is 0.0641 e. The fraction of sp³-hybridized carbons (Fsp3) is 0.750. The Morgan fingerprint density at radius 3 is 2.44 bits per heavy atom. The van der Waals surface area contributed by atoms with Crippen LogP contribution in [-0.2, 0) is 13.1 Å². The molecule has 0 spiro atoms. The maximum Gasteiger partial charge on any atom is 0.0641 e. The second-order valence-electron chi connectivity index (χ2n) is 4.06. The van der Waals surface area contributed by atoms with E-state index in [1.165, 1.54) is 11.3 Å². The van der Waals surface area contributed by atoms with Crippen molar-refractivity contribution >= 4 is 0 Å². The van der Waals surface area contributed by atoms with Crippen molar-refractivity contribution in [2.75, 3.05) is 19.7 Å². The zero-order valence-electron chi connectivity index (χ0n) is 10.8. The fourth-order valence-electron chi connectivity index (χ4n) is 1.98. The molecule has 0 amide bonds. The Morgan fingerprint density at radius 1 is 1.31 bits per heavy atom. The van der Waals surface area contributed by atoms with Gasteiger partial charge in [-0.25, -0.2) is 0 Å². The summed E-state index contributed by atoms with van der Waals surface area (Å²) in [4.78, 5) is 2.23. The Hall–Kier alpha value is -0.870. The van der Waals surface area contributed by atoms with Crippen LogP contribution in [0.25, 0.3) is 0 Å². The van der Waals surface area contributed by atoms with Crippen molar-refractivity contribution in [2.45, 2.75) is 40.8 Å². The minimum atomic E-state index is 0.216. The quantitative estimate of drug-likeness (QED) is 0.794. The third-order valence-corrected chi connectivity index (χ3v) is 3.08. The Balaban J connectivity index is 2.82. The van der Waals surface area contributed by atoms with Gasteiger partial charge in [0.1, 0.15) is 0 Å². The maximum atomic E-state index is 8.97. The van der Waals surface area contributed by atoms with Crippen LogP contribution in [-0.4, -0.2) is 39.5 Å². The zero-order chi connectivity index (χ0) is 12.1. The first kappa shape index (κ1) is 13.2. The minimum Gasteiger partial charge on any atom is -0.395 e. The number of aryl methyl sites for hydroxylation is 2. The summed E-state index contributed by atoms with van der Waals surface area (Å²) < 4.78 is 2.04. The lowest BCUT2D eigenvalue weighted by atomic mass is 10.2. The van der Waals surface area contributed by atoms with E-state index in [1.54, 1.807) is 0 Å². The Labute approximate surface area is 97.9 Å². The van der Waals surface area contributed by atoms with Crippen LogP contribution < -0.4 is 0 Å². The summed E-state index contributed by atoms with van der Waals surface area (Å²) in [5, 5.41) is 13.5. The van der Waals surface area contributed by atoms with Crippen LogP contribution in [0.4, 0.5) is 0 Å². The molecule has 4 heteroatoms. The molecule has 0 bridgehead atoms. The standard InChI is InChI=1S/C12H23N3O/c1-5-14(7-8-16)9-12-10(3)13-15(6-2)11(12)4/h16H,5-9H2,1-4H3. The summed E-state index contributed by atoms with van der Waals surface area (Å²) >= 11 is 0. The van der Waals surface area contributed by atoms with Crippen molar-refractivity contribution in [3.63, 3.8) is 0 Å². The summed E-state index contributed by atoms with van der Waals surface area (Å²) in [5.74, 6) is 0. The first-order valence-electron chi connectivity index (χ1n) is 6.00. The molecule has 1 rings (SSSR count). The highest BCUT2D eigenvalue weighted by Crippen LogP contribution is 2.15. The van der Waals surface area contributed by atoms with Crippen LogP contribution >= 0.6 is 0 Å². The molecule has 16 heavy (non-hydrogen) atoms. The topological polar surface area (TPSA) is 41.3 Å². The third-order valence-electron chi connectivity index (χ3n) is 3.08. The lowest BCUT2D eigenvalue weighted by Gasteiger charge is -2.19. The first-order valence-corrected chi connectivity index (χ1v) is 6.00. The van der Waals surface area contributed by atoms with Crippen LogP contribution in [0.3, 0.4) is 0 Å². The number of aliphatic hydroxyl groups excluding tert-OH is 1. The van der Waals surface area contributed by atoms with E-state index in [0.29, 0.717) is 0 Å². The molecule has 0 atom stereocenters. The number of aliphatic hydroxyl groups is 1. The van der Waals surface area contributed by atoms with E-state index in [4.69, 9.17) is 5.11 Å². The summed E-state index contributed by atoms with van der Waals surface area (Å²) in [7, 11) is 0. The lowest BCUT2D eigenvalue weighted by molar-refractivity contribution is 0.196. The highest BCUT2D eigenvalue weighted by atomic mass is 16.3. The van der Waals surface area contributed by atoms with Gasteiger partial charge in [-0.15, -0.1) is 0 Å². The van der Waals surface area contributed by atoms with E-state index < -0.39 is 0 Å². The molecular weight excluding hydrogens is 202 g/mol. The molecule has 4 nitrogen and oxygen atoms in total. The Bertz CT molecular complexity index is 333. The molecule has 0 aliphatic rings. The number of likely N-dealkylation sites (N-methyl/N-ethyl adjacent to an activating group) is 1. The van der Waals surface area contributed by atoms with Gasteiger partial charge in [0.15, 0.2) is 0 Å². The van der Waals surface area contributed by atoms with Crippen LogP contribution in [0.5, 0.6) is 0 Å². The van der Waals surface area contributed by atoms with Gasteiger partial charge in [0.05, 0.1) is 12.3 Å². The number of nitrogens with zero attached hydrogens (tertiary/aromatic N) is 3.